The van der Waals surface area contributed by atoms with E-state index in [1.54, 1.807) is 6.07 Å². The van der Waals surface area contributed by atoms with Crippen LogP contribution in [0.1, 0.15) is 21.7 Å². The quantitative estimate of drug-likeness (QED) is 0.815. The number of nitrogens with one attached hydrogen (secondary N) is 1. The summed E-state index contributed by atoms with van der Waals surface area (Å²) < 4.78 is 9.20. The first-order chi connectivity index (χ1) is 8.08. The SMILES string of the molecule is COC(=O)CCNc1sc(C)cc1C(=O)OC. The second kappa shape index (κ2) is 6.24. The van der Waals surface area contributed by atoms with Crippen LogP contribution in [-0.4, -0.2) is 32.7 Å². The average molecular weight is 257 g/mol. The molecule has 1 heterocycles. The fourth-order valence-electron chi connectivity index (χ4n) is 1.29. The molecule has 0 aliphatic rings. The van der Waals surface area contributed by atoms with Crippen molar-refractivity contribution in [1.29, 1.82) is 0 Å². The Morgan fingerprint density at radius 1 is 1.35 bits per heavy atom. The minimum atomic E-state index is -0.380. The summed E-state index contributed by atoms with van der Waals surface area (Å²) >= 11 is 1.45. The molecule has 17 heavy (non-hydrogen) atoms. The summed E-state index contributed by atoms with van der Waals surface area (Å²) in [6.07, 6.45) is 0.258. The molecule has 1 rings (SSSR count). The van der Waals surface area contributed by atoms with Crippen LogP contribution in [0.15, 0.2) is 6.07 Å². The second-order valence-electron chi connectivity index (χ2n) is 3.34. The van der Waals surface area contributed by atoms with Crippen LogP contribution in [-0.2, 0) is 14.3 Å². The molecule has 5 nitrogen and oxygen atoms in total. The lowest BCUT2D eigenvalue weighted by molar-refractivity contribution is -0.140. The molecule has 0 aliphatic carbocycles. The molecular formula is C11H15NO4S. The Kier molecular flexibility index (Phi) is 4.96. The van der Waals surface area contributed by atoms with Crippen molar-refractivity contribution in [3.8, 4) is 0 Å². The molecule has 1 aromatic rings. The molecule has 0 aromatic carbocycles. The molecule has 0 atom stereocenters. The van der Waals surface area contributed by atoms with Crippen LogP contribution in [0.25, 0.3) is 0 Å². The van der Waals surface area contributed by atoms with E-state index in [1.807, 2.05) is 6.92 Å². The first kappa shape index (κ1) is 13.5. The number of ether oxygens (including phenoxy) is 2. The van der Waals surface area contributed by atoms with Gasteiger partial charge in [-0.3, -0.25) is 4.79 Å². The maximum absolute atomic E-state index is 11.5. The topological polar surface area (TPSA) is 64.6 Å². The number of carbonyl (C=O) groups is 2. The monoisotopic (exact) mass is 257 g/mol. The molecule has 0 aliphatic heterocycles. The van der Waals surface area contributed by atoms with Gasteiger partial charge in [0.2, 0.25) is 0 Å². The van der Waals surface area contributed by atoms with Gasteiger partial charge in [-0.25, -0.2) is 4.79 Å². The molecule has 0 radical (unpaired) electrons. The van der Waals surface area contributed by atoms with E-state index in [0.717, 1.165) is 9.88 Å². The fourth-order valence-corrected chi connectivity index (χ4v) is 2.21. The lowest BCUT2D eigenvalue weighted by Crippen LogP contribution is -2.11. The lowest BCUT2D eigenvalue weighted by atomic mass is 10.3. The molecule has 0 amide bonds. The van der Waals surface area contributed by atoms with E-state index in [0.29, 0.717) is 12.1 Å². The van der Waals surface area contributed by atoms with E-state index >= 15 is 0 Å². The van der Waals surface area contributed by atoms with Crippen LogP contribution >= 0.6 is 11.3 Å². The van der Waals surface area contributed by atoms with Gasteiger partial charge in [0.25, 0.3) is 0 Å². The summed E-state index contributed by atoms with van der Waals surface area (Å²) in [6, 6.07) is 1.76. The Hall–Kier alpha value is -1.56. The van der Waals surface area contributed by atoms with E-state index in [2.05, 4.69) is 14.8 Å². The van der Waals surface area contributed by atoms with Crippen LogP contribution < -0.4 is 5.32 Å². The van der Waals surface area contributed by atoms with Gasteiger partial charge in [0.15, 0.2) is 0 Å². The minimum Gasteiger partial charge on any atom is -0.469 e. The molecule has 0 fully saturated rings. The third-order valence-electron chi connectivity index (χ3n) is 2.10. The molecule has 0 unspecified atom stereocenters. The third-order valence-corrected chi connectivity index (χ3v) is 3.11. The maximum atomic E-state index is 11.5. The Labute approximate surface area is 104 Å². The van der Waals surface area contributed by atoms with E-state index in [9.17, 15) is 9.59 Å². The van der Waals surface area contributed by atoms with Crippen molar-refractivity contribution in [2.75, 3.05) is 26.1 Å². The van der Waals surface area contributed by atoms with Crippen LogP contribution in [0.4, 0.5) is 5.00 Å². The van der Waals surface area contributed by atoms with Gasteiger partial charge in [0.05, 0.1) is 26.2 Å². The van der Waals surface area contributed by atoms with E-state index < -0.39 is 0 Å². The van der Waals surface area contributed by atoms with Gasteiger partial charge in [-0.2, -0.15) is 0 Å². The fraction of sp³-hybridized carbons (Fsp3) is 0.455. The summed E-state index contributed by atoms with van der Waals surface area (Å²) in [6.45, 7) is 2.33. The van der Waals surface area contributed by atoms with Crippen molar-refractivity contribution in [3.63, 3.8) is 0 Å². The summed E-state index contributed by atoms with van der Waals surface area (Å²) in [7, 11) is 2.69. The highest BCUT2D eigenvalue weighted by atomic mass is 32.1. The van der Waals surface area contributed by atoms with Crippen LogP contribution in [0.5, 0.6) is 0 Å². The van der Waals surface area contributed by atoms with Gasteiger partial charge < -0.3 is 14.8 Å². The Bertz CT molecular complexity index is 414. The number of methoxy groups -OCH3 is 2. The van der Waals surface area contributed by atoms with E-state index in [1.165, 1.54) is 25.6 Å². The number of aryl methyl sites for hydroxylation is 1. The average Bonchev–Trinajstić information content (AvgIpc) is 2.69. The van der Waals surface area contributed by atoms with Crippen molar-refractivity contribution in [3.05, 3.63) is 16.5 Å². The van der Waals surface area contributed by atoms with Crippen LogP contribution in [0, 0.1) is 6.92 Å². The lowest BCUT2D eigenvalue weighted by Gasteiger charge is -2.05. The Balaban J connectivity index is 2.64. The first-order valence-electron chi connectivity index (χ1n) is 5.08. The van der Waals surface area contributed by atoms with Gasteiger partial charge in [-0.05, 0) is 13.0 Å². The summed E-state index contributed by atoms with van der Waals surface area (Å²) in [5.74, 6) is -0.666. The van der Waals surface area contributed by atoms with E-state index in [4.69, 9.17) is 0 Å². The zero-order valence-corrected chi connectivity index (χ0v) is 10.8. The van der Waals surface area contributed by atoms with Crippen molar-refractivity contribution in [2.24, 2.45) is 0 Å². The zero-order chi connectivity index (χ0) is 12.8. The third kappa shape index (κ3) is 3.74. The van der Waals surface area contributed by atoms with Crippen molar-refractivity contribution in [2.45, 2.75) is 13.3 Å². The molecule has 1 N–H and O–H groups in total. The summed E-state index contributed by atoms with van der Waals surface area (Å²) in [4.78, 5) is 23.4. The minimum absolute atomic E-state index is 0.258. The largest absolute Gasteiger partial charge is 0.469 e. The predicted molar refractivity (Wildman–Crippen MR) is 65.5 cm³/mol. The van der Waals surface area contributed by atoms with Gasteiger partial charge in [-0.1, -0.05) is 0 Å². The molecule has 6 heteroatoms. The van der Waals surface area contributed by atoms with Gasteiger partial charge in [0.1, 0.15) is 5.00 Å². The second-order valence-corrected chi connectivity index (χ2v) is 4.60. The van der Waals surface area contributed by atoms with Gasteiger partial charge >= 0.3 is 11.9 Å². The molecule has 1 aromatic heterocycles. The number of esters is 2. The van der Waals surface area contributed by atoms with Gasteiger partial charge in [0, 0.05) is 11.4 Å². The van der Waals surface area contributed by atoms with Crippen molar-refractivity contribution < 1.29 is 19.1 Å². The highest BCUT2D eigenvalue weighted by Gasteiger charge is 2.15. The Morgan fingerprint density at radius 3 is 2.65 bits per heavy atom. The first-order valence-corrected chi connectivity index (χ1v) is 5.89. The number of carbonyl (C=O) groups excluding carboxylic acids is 2. The normalized spacial score (nSPS) is 9.82. The van der Waals surface area contributed by atoms with Gasteiger partial charge in [-0.15, -0.1) is 11.3 Å². The maximum Gasteiger partial charge on any atom is 0.340 e. The van der Waals surface area contributed by atoms with Crippen LogP contribution in [0.3, 0.4) is 0 Å². The molecule has 0 bridgehead atoms. The molecule has 0 saturated carbocycles. The van der Waals surface area contributed by atoms with Crippen molar-refractivity contribution >= 4 is 28.3 Å². The number of thiophene rings is 1. The number of hydrogen-bond acceptors (Lipinski definition) is 6. The zero-order valence-electron chi connectivity index (χ0n) is 10.0. The highest BCUT2D eigenvalue weighted by molar-refractivity contribution is 7.16. The molecule has 0 spiro atoms. The number of anilines is 1. The summed E-state index contributed by atoms with van der Waals surface area (Å²) in [5.41, 5.74) is 0.500. The summed E-state index contributed by atoms with van der Waals surface area (Å²) in [5, 5.41) is 3.75. The Morgan fingerprint density at radius 2 is 2.06 bits per heavy atom. The van der Waals surface area contributed by atoms with Crippen molar-refractivity contribution in [1.82, 2.24) is 0 Å². The number of hydrogen-bond donors (Lipinski definition) is 1. The smallest absolute Gasteiger partial charge is 0.340 e. The highest BCUT2D eigenvalue weighted by Crippen LogP contribution is 2.27. The van der Waals surface area contributed by atoms with E-state index in [-0.39, 0.29) is 18.4 Å². The predicted octanol–water partition coefficient (Wildman–Crippen LogP) is 1.82. The molecule has 0 saturated heterocycles. The number of rotatable bonds is 5. The molecule has 94 valence electrons. The standard InChI is InChI=1S/C11H15NO4S/c1-7-6-8(11(14)16-3)10(17-7)12-5-4-9(13)15-2/h6,12H,4-5H2,1-3H3. The van der Waals surface area contributed by atoms with Crippen LogP contribution in [0.2, 0.25) is 0 Å². The molecular weight excluding hydrogens is 242 g/mol.